The summed E-state index contributed by atoms with van der Waals surface area (Å²) >= 11 is 0. The molecule has 0 heterocycles. The number of aliphatic hydroxyl groups is 1. The molecular weight excluding hydrogens is 190 g/mol. The molecule has 0 aromatic heterocycles. The van der Waals surface area contributed by atoms with Gasteiger partial charge in [0.2, 0.25) is 5.91 Å². The maximum Gasteiger partial charge on any atom is 0.222 e. The average Bonchev–Trinajstić information content (AvgIpc) is 2.18. The largest absolute Gasteiger partial charge is 0.396 e. The van der Waals surface area contributed by atoms with E-state index < -0.39 is 0 Å². The van der Waals surface area contributed by atoms with Gasteiger partial charge in [-0.2, -0.15) is 0 Å². The molecule has 0 bridgehead atoms. The minimum atomic E-state index is -0.119. The number of hydrogen-bond acceptors (Lipinski definition) is 2. The molecule has 0 spiro atoms. The Bertz CT molecular complexity index is 336. The van der Waals surface area contributed by atoms with E-state index in [0.717, 1.165) is 5.56 Å². The van der Waals surface area contributed by atoms with Gasteiger partial charge in [-0.15, -0.1) is 0 Å². The van der Waals surface area contributed by atoms with Crippen molar-refractivity contribution in [3.05, 3.63) is 35.4 Å². The number of amides is 1. The van der Waals surface area contributed by atoms with E-state index in [1.807, 2.05) is 38.1 Å². The lowest BCUT2D eigenvalue weighted by atomic mass is 10.1. The van der Waals surface area contributed by atoms with Crippen molar-refractivity contribution < 1.29 is 9.90 Å². The first-order valence-electron chi connectivity index (χ1n) is 5.10. The summed E-state index contributed by atoms with van der Waals surface area (Å²) in [5.41, 5.74) is 2.26. The molecule has 1 rings (SSSR count). The molecule has 1 aromatic carbocycles. The molecule has 0 aliphatic rings. The fraction of sp³-hybridized carbons (Fsp3) is 0.417. The Kier molecular flexibility index (Phi) is 4.31. The Morgan fingerprint density at radius 3 is 2.87 bits per heavy atom. The third-order valence-corrected chi connectivity index (χ3v) is 2.26. The third kappa shape index (κ3) is 3.72. The molecule has 15 heavy (non-hydrogen) atoms. The van der Waals surface area contributed by atoms with Gasteiger partial charge < -0.3 is 10.4 Å². The van der Waals surface area contributed by atoms with E-state index in [1.165, 1.54) is 5.56 Å². The van der Waals surface area contributed by atoms with Gasteiger partial charge in [0.05, 0.1) is 12.6 Å². The summed E-state index contributed by atoms with van der Waals surface area (Å²) < 4.78 is 0. The monoisotopic (exact) mass is 207 g/mol. The molecule has 0 unspecified atom stereocenters. The van der Waals surface area contributed by atoms with Crippen LogP contribution in [-0.4, -0.2) is 17.6 Å². The van der Waals surface area contributed by atoms with Gasteiger partial charge in [-0.3, -0.25) is 4.79 Å². The highest BCUT2D eigenvalue weighted by Gasteiger charge is 2.08. The van der Waals surface area contributed by atoms with Gasteiger partial charge in [0, 0.05) is 6.42 Å². The Hall–Kier alpha value is -1.35. The first-order valence-corrected chi connectivity index (χ1v) is 5.10. The normalized spacial score (nSPS) is 12.2. The standard InChI is InChI=1S/C12H17NO2/c1-9-4-3-5-11(8-9)10(2)13-12(15)6-7-14/h3-5,8,10,14H,6-7H2,1-2H3,(H,13,15)/t10-/m1/s1. The second-order valence-electron chi connectivity index (χ2n) is 3.68. The van der Waals surface area contributed by atoms with Crippen LogP contribution in [0, 0.1) is 6.92 Å². The van der Waals surface area contributed by atoms with E-state index in [0.29, 0.717) is 0 Å². The van der Waals surface area contributed by atoms with Crippen molar-refractivity contribution >= 4 is 5.91 Å². The summed E-state index contributed by atoms with van der Waals surface area (Å²) in [4.78, 5) is 11.2. The molecule has 0 aliphatic heterocycles. The van der Waals surface area contributed by atoms with Gasteiger partial charge in [-0.05, 0) is 19.4 Å². The molecule has 82 valence electrons. The third-order valence-electron chi connectivity index (χ3n) is 2.26. The van der Waals surface area contributed by atoms with Gasteiger partial charge in [-0.1, -0.05) is 29.8 Å². The molecule has 0 radical (unpaired) electrons. The lowest BCUT2D eigenvalue weighted by Gasteiger charge is -2.14. The van der Waals surface area contributed by atoms with Crippen LogP contribution in [0.5, 0.6) is 0 Å². The second kappa shape index (κ2) is 5.51. The van der Waals surface area contributed by atoms with Crippen LogP contribution in [0.15, 0.2) is 24.3 Å². The molecule has 0 fully saturated rings. The van der Waals surface area contributed by atoms with Crippen molar-refractivity contribution in [2.75, 3.05) is 6.61 Å². The number of nitrogens with one attached hydrogen (secondary N) is 1. The molecule has 3 heteroatoms. The van der Waals surface area contributed by atoms with Crippen molar-refractivity contribution in [1.29, 1.82) is 0 Å². The van der Waals surface area contributed by atoms with Crippen LogP contribution >= 0.6 is 0 Å². The molecule has 0 saturated carbocycles. The first kappa shape index (κ1) is 11.7. The minimum absolute atomic E-state index is 0.0102. The van der Waals surface area contributed by atoms with Crippen molar-refractivity contribution in [2.45, 2.75) is 26.3 Å². The zero-order valence-electron chi connectivity index (χ0n) is 9.16. The number of benzene rings is 1. The quantitative estimate of drug-likeness (QED) is 0.787. The van der Waals surface area contributed by atoms with Crippen LogP contribution in [-0.2, 0) is 4.79 Å². The van der Waals surface area contributed by atoms with Crippen LogP contribution in [0.1, 0.15) is 30.5 Å². The summed E-state index contributed by atoms with van der Waals surface area (Å²) in [6.07, 6.45) is 0.163. The van der Waals surface area contributed by atoms with Gasteiger partial charge in [0.25, 0.3) is 0 Å². The van der Waals surface area contributed by atoms with E-state index in [1.54, 1.807) is 0 Å². The Labute approximate surface area is 90.1 Å². The van der Waals surface area contributed by atoms with Crippen molar-refractivity contribution in [3.8, 4) is 0 Å². The molecule has 2 N–H and O–H groups in total. The Morgan fingerprint density at radius 2 is 2.27 bits per heavy atom. The maximum absolute atomic E-state index is 11.2. The maximum atomic E-state index is 11.2. The van der Waals surface area contributed by atoms with Gasteiger partial charge in [-0.25, -0.2) is 0 Å². The Morgan fingerprint density at radius 1 is 1.53 bits per heavy atom. The molecule has 1 amide bonds. The fourth-order valence-corrected chi connectivity index (χ4v) is 1.44. The molecule has 3 nitrogen and oxygen atoms in total. The average molecular weight is 207 g/mol. The van der Waals surface area contributed by atoms with Gasteiger partial charge >= 0.3 is 0 Å². The van der Waals surface area contributed by atoms with E-state index in [9.17, 15) is 4.79 Å². The predicted molar refractivity (Wildman–Crippen MR) is 59.4 cm³/mol. The van der Waals surface area contributed by atoms with Gasteiger partial charge in [0.1, 0.15) is 0 Å². The lowest BCUT2D eigenvalue weighted by Crippen LogP contribution is -2.27. The number of aliphatic hydroxyl groups excluding tert-OH is 1. The van der Waals surface area contributed by atoms with Crippen LogP contribution in [0.4, 0.5) is 0 Å². The lowest BCUT2D eigenvalue weighted by molar-refractivity contribution is -0.122. The number of rotatable bonds is 4. The summed E-state index contributed by atoms with van der Waals surface area (Å²) in [5.74, 6) is -0.119. The topological polar surface area (TPSA) is 49.3 Å². The van der Waals surface area contributed by atoms with Crippen LogP contribution in [0.25, 0.3) is 0 Å². The van der Waals surface area contributed by atoms with Gasteiger partial charge in [0.15, 0.2) is 0 Å². The summed E-state index contributed by atoms with van der Waals surface area (Å²) in [7, 11) is 0. The smallest absolute Gasteiger partial charge is 0.222 e. The summed E-state index contributed by atoms with van der Waals surface area (Å²) in [6.45, 7) is 3.85. The van der Waals surface area contributed by atoms with E-state index in [4.69, 9.17) is 5.11 Å². The Balaban J connectivity index is 2.60. The van der Waals surface area contributed by atoms with Crippen LogP contribution in [0.3, 0.4) is 0 Å². The molecule has 1 atom stereocenters. The molecular formula is C12H17NO2. The zero-order valence-corrected chi connectivity index (χ0v) is 9.16. The van der Waals surface area contributed by atoms with Crippen LogP contribution < -0.4 is 5.32 Å². The molecule has 1 aromatic rings. The summed E-state index contributed by atoms with van der Waals surface area (Å²) in [6, 6.07) is 8.01. The van der Waals surface area contributed by atoms with Crippen LogP contribution in [0.2, 0.25) is 0 Å². The highest BCUT2D eigenvalue weighted by atomic mass is 16.3. The number of carbonyl (C=O) groups is 1. The number of hydrogen-bond donors (Lipinski definition) is 2. The zero-order chi connectivity index (χ0) is 11.3. The highest BCUT2D eigenvalue weighted by molar-refractivity contribution is 5.76. The van der Waals surface area contributed by atoms with Crippen molar-refractivity contribution in [3.63, 3.8) is 0 Å². The number of carbonyl (C=O) groups excluding carboxylic acids is 1. The van der Waals surface area contributed by atoms with Crippen molar-refractivity contribution in [1.82, 2.24) is 5.32 Å². The van der Waals surface area contributed by atoms with Crippen molar-refractivity contribution in [2.24, 2.45) is 0 Å². The summed E-state index contributed by atoms with van der Waals surface area (Å²) in [5, 5.41) is 11.4. The SMILES string of the molecule is Cc1cccc([C@@H](C)NC(=O)CCO)c1. The fourth-order valence-electron chi connectivity index (χ4n) is 1.44. The van der Waals surface area contributed by atoms with E-state index >= 15 is 0 Å². The van der Waals surface area contributed by atoms with E-state index in [-0.39, 0.29) is 25.0 Å². The number of aryl methyl sites for hydroxylation is 1. The van der Waals surface area contributed by atoms with E-state index in [2.05, 4.69) is 5.32 Å². The molecule has 0 saturated heterocycles. The minimum Gasteiger partial charge on any atom is -0.396 e. The highest BCUT2D eigenvalue weighted by Crippen LogP contribution is 2.13. The second-order valence-corrected chi connectivity index (χ2v) is 3.68. The molecule has 0 aliphatic carbocycles. The predicted octanol–water partition coefficient (Wildman–Crippen LogP) is 1.55. The first-order chi connectivity index (χ1) is 7.13.